The van der Waals surface area contributed by atoms with Crippen LogP contribution in [0.5, 0.6) is 0 Å². The number of nitrogens with zero attached hydrogens (tertiary/aromatic N) is 1. The highest BCUT2D eigenvalue weighted by Gasteiger charge is 2.35. The minimum absolute atomic E-state index is 0.120. The van der Waals surface area contributed by atoms with Crippen molar-refractivity contribution in [2.75, 3.05) is 25.4 Å². The third-order valence-corrected chi connectivity index (χ3v) is 9.12. The van der Waals surface area contributed by atoms with Gasteiger partial charge in [-0.2, -0.15) is 0 Å². The SMILES string of the molecule is Cc1ccc(SCCC2CCN(CC3CC(NC(C(=O)O)C(C)C)CC3C)CC2)cc1.c1ccccc1. The maximum Gasteiger partial charge on any atom is 0.320 e. The standard InChI is InChI=1S/C26H42N2O2S.C6H6/c1-18(2)25(26(29)30)27-23-15-20(4)22(16-23)17-28-12-9-21(10-13-28)11-14-31-24-7-5-19(3)6-8-24;1-2-4-6-5-3-1/h5-8,18,20-23,25,27H,9-17H2,1-4H3,(H,29,30);1-6H. The first-order valence-corrected chi connectivity index (χ1v) is 15.2. The fourth-order valence-electron chi connectivity index (χ4n) is 5.68. The molecule has 4 unspecified atom stereocenters. The molecule has 2 N–H and O–H groups in total. The average molecular weight is 525 g/mol. The lowest BCUT2D eigenvalue weighted by Gasteiger charge is -2.34. The van der Waals surface area contributed by atoms with E-state index in [-0.39, 0.29) is 5.92 Å². The van der Waals surface area contributed by atoms with Gasteiger partial charge in [-0.25, -0.2) is 0 Å². The molecule has 4 rings (SSSR count). The number of hydrogen-bond donors (Lipinski definition) is 2. The van der Waals surface area contributed by atoms with Crippen LogP contribution in [0.15, 0.2) is 65.6 Å². The highest BCUT2D eigenvalue weighted by molar-refractivity contribution is 7.99. The lowest BCUT2D eigenvalue weighted by atomic mass is 9.92. The zero-order valence-corrected chi connectivity index (χ0v) is 24.1. The minimum atomic E-state index is -0.714. The van der Waals surface area contributed by atoms with Crippen LogP contribution in [0.2, 0.25) is 0 Å². The first kappa shape index (κ1) is 29.7. The second-order valence-electron chi connectivity index (χ2n) is 11.5. The van der Waals surface area contributed by atoms with Crippen molar-refractivity contribution in [3.63, 3.8) is 0 Å². The maximum atomic E-state index is 11.5. The number of likely N-dealkylation sites (tertiary alicyclic amines) is 1. The molecule has 0 aromatic heterocycles. The number of benzene rings is 2. The van der Waals surface area contributed by atoms with Gasteiger partial charge in [0.15, 0.2) is 0 Å². The van der Waals surface area contributed by atoms with Crippen molar-refractivity contribution in [1.29, 1.82) is 0 Å². The Morgan fingerprint density at radius 1 is 1.03 bits per heavy atom. The molecule has 5 heteroatoms. The number of rotatable bonds is 10. The van der Waals surface area contributed by atoms with Crippen molar-refractivity contribution in [2.45, 2.75) is 76.8 Å². The summed E-state index contributed by atoms with van der Waals surface area (Å²) in [5.41, 5.74) is 1.33. The highest BCUT2D eigenvalue weighted by atomic mass is 32.2. The second-order valence-corrected chi connectivity index (χ2v) is 12.6. The third kappa shape index (κ3) is 10.5. The van der Waals surface area contributed by atoms with Gasteiger partial charge in [0.25, 0.3) is 0 Å². The summed E-state index contributed by atoms with van der Waals surface area (Å²) >= 11 is 2.00. The van der Waals surface area contributed by atoms with Crippen molar-refractivity contribution in [3.8, 4) is 0 Å². The van der Waals surface area contributed by atoms with E-state index in [4.69, 9.17) is 0 Å². The van der Waals surface area contributed by atoms with E-state index in [9.17, 15) is 9.90 Å². The number of aliphatic carboxylic acids is 1. The number of thioether (sulfide) groups is 1. The third-order valence-electron chi connectivity index (χ3n) is 8.08. The molecule has 0 amide bonds. The molecule has 1 aliphatic carbocycles. The molecule has 0 bridgehead atoms. The number of carbonyl (C=O) groups is 1. The Morgan fingerprint density at radius 3 is 2.16 bits per heavy atom. The molecule has 1 aliphatic heterocycles. The zero-order valence-electron chi connectivity index (χ0n) is 23.3. The van der Waals surface area contributed by atoms with E-state index in [0.717, 1.165) is 18.8 Å². The van der Waals surface area contributed by atoms with Crippen LogP contribution in [0.1, 0.15) is 58.4 Å². The maximum absolute atomic E-state index is 11.5. The van der Waals surface area contributed by atoms with Crippen LogP contribution in [0, 0.1) is 30.6 Å². The van der Waals surface area contributed by atoms with Gasteiger partial charge >= 0.3 is 5.97 Å². The molecule has 2 aromatic carbocycles. The van der Waals surface area contributed by atoms with Crippen LogP contribution in [-0.2, 0) is 4.79 Å². The van der Waals surface area contributed by atoms with Crippen LogP contribution in [0.3, 0.4) is 0 Å². The molecule has 2 aliphatic rings. The molecule has 1 heterocycles. The smallest absolute Gasteiger partial charge is 0.320 e. The summed E-state index contributed by atoms with van der Waals surface area (Å²) in [7, 11) is 0. The summed E-state index contributed by atoms with van der Waals surface area (Å²) in [6.45, 7) is 12.1. The number of hydrogen-bond acceptors (Lipinski definition) is 4. The molecular weight excluding hydrogens is 476 g/mol. The van der Waals surface area contributed by atoms with E-state index in [1.807, 2.05) is 62.0 Å². The van der Waals surface area contributed by atoms with Crippen molar-refractivity contribution in [3.05, 3.63) is 66.2 Å². The Morgan fingerprint density at radius 2 is 1.62 bits per heavy atom. The van der Waals surface area contributed by atoms with Gasteiger partial charge in [0.1, 0.15) is 6.04 Å². The monoisotopic (exact) mass is 524 g/mol. The number of nitrogens with one attached hydrogen (secondary N) is 1. The van der Waals surface area contributed by atoms with Gasteiger partial charge in [-0.1, -0.05) is 74.9 Å². The summed E-state index contributed by atoms with van der Waals surface area (Å²) in [6.07, 6.45) is 6.19. The van der Waals surface area contributed by atoms with E-state index < -0.39 is 12.0 Å². The summed E-state index contributed by atoms with van der Waals surface area (Å²) in [5.74, 6) is 2.85. The lowest BCUT2D eigenvalue weighted by Crippen LogP contribution is -2.46. The molecule has 2 fully saturated rings. The number of piperidine rings is 1. The quantitative estimate of drug-likeness (QED) is 0.328. The highest BCUT2D eigenvalue weighted by Crippen LogP contribution is 2.34. The molecule has 37 heavy (non-hydrogen) atoms. The number of aryl methyl sites for hydroxylation is 1. The molecule has 4 nitrogen and oxygen atoms in total. The van der Waals surface area contributed by atoms with E-state index in [1.54, 1.807) is 0 Å². The van der Waals surface area contributed by atoms with Gasteiger partial charge in [0, 0.05) is 17.5 Å². The molecule has 0 radical (unpaired) electrons. The predicted molar refractivity (Wildman–Crippen MR) is 157 cm³/mol. The topological polar surface area (TPSA) is 52.6 Å². The summed E-state index contributed by atoms with van der Waals surface area (Å²) < 4.78 is 0. The molecule has 1 saturated heterocycles. The minimum Gasteiger partial charge on any atom is -0.480 e. The lowest BCUT2D eigenvalue weighted by molar-refractivity contribution is -0.140. The van der Waals surface area contributed by atoms with Crippen molar-refractivity contribution in [1.82, 2.24) is 10.2 Å². The first-order valence-electron chi connectivity index (χ1n) is 14.2. The van der Waals surface area contributed by atoms with Crippen LogP contribution in [0.25, 0.3) is 0 Å². The fourth-order valence-corrected chi connectivity index (χ4v) is 6.70. The Kier molecular flexibility index (Phi) is 12.5. The van der Waals surface area contributed by atoms with Crippen molar-refractivity contribution in [2.24, 2.45) is 23.7 Å². The average Bonchev–Trinajstić information content (AvgIpc) is 3.24. The van der Waals surface area contributed by atoms with Crippen LogP contribution >= 0.6 is 11.8 Å². The van der Waals surface area contributed by atoms with Crippen molar-refractivity contribution < 1.29 is 9.90 Å². The van der Waals surface area contributed by atoms with Gasteiger partial charge in [-0.15, -0.1) is 11.8 Å². The van der Waals surface area contributed by atoms with Crippen molar-refractivity contribution >= 4 is 17.7 Å². The molecule has 204 valence electrons. The van der Waals surface area contributed by atoms with Crippen LogP contribution < -0.4 is 5.32 Å². The normalized spacial score (nSPS) is 23.4. The Labute approximate surface area is 229 Å². The Hall–Kier alpha value is -1.82. The molecule has 4 atom stereocenters. The summed E-state index contributed by atoms with van der Waals surface area (Å²) in [6, 6.07) is 20.8. The van der Waals surface area contributed by atoms with Crippen LogP contribution in [-0.4, -0.2) is 53.4 Å². The number of carboxylic acids is 1. The van der Waals surface area contributed by atoms with Gasteiger partial charge in [0.05, 0.1) is 0 Å². The predicted octanol–water partition coefficient (Wildman–Crippen LogP) is 6.99. The van der Waals surface area contributed by atoms with E-state index in [1.165, 1.54) is 55.1 Å². The number of carboxylic acid groups (broad SMARTS) is 1. The molecule has 1 saturated carbocycles. The van der Waals surface area contributed by atoms with E-state index >= 15 is 0 Å². The first-order chi connectivity index (χ1) is 17.8. The molecule has 0 spiro atoms. The largest absolute Gasteiger partial charge is 0.480 e. The fraction of sp³-hybridized carbons (Fsp3) is 0.594. The summed E-state index contributed by atoms with van der Waals surface area (Å²) in [5, 5.41) is 12.9. The zero-order chi connectivity index (χ0) is 26.6. The molecule has 2 aromatic rings. The van der Waals surface area contributed by atoms with Gasteiger partial charge in [-0.3, -0.25) is 4.79 Å². The second kappa shape index (κ2) is 15.6. The Bertz CT molecular complexity index is 870. The van der Waals surface area contributed by atoms with Gasteiger partial charge in [0.2, 0.25) is 0 Å². The Balaban J connectivity index is 0.000000555. The van der Waals surface area contributed by atoms with Gasteiger partial charge < -0.3 is 15.3 Å². The van der Waals surface area contributed by atoms with E-state index in [2.05, 4.69) is 48.3 Å². The summed E-state index contributed by atoms with van der Waals surface area (Å²) in [4.78, 5) is 15.6. The molecular formula is C32H48N2O2S. The van der Waals surface area contributed by atoms with Gasteiger partial charge in [-0.05, 0) is 93.7 Å². The van der Waals surface area contributed by atoms with E-state index in [0.29, 0.717) is 17.9 Å². The van der Waals surface area contributed by atoms with Crippen LogP contribution in [0.4, 0.5) is 0 Å².